The number of halogens is 3. The molecule has 0 amide bonds. The highest BCUT2D eigenvalue weighted by Crippen LogP contribution is 2.54. The van der Waals surface area contributed by atoms with Crippen LogP contribution in [0, 0.1) is 5.41 Å². The van der Waals surface area contributed by atoms with E-state index < -0.39 is 17.3 Å². The molecule has 9 heteroatoms. The van der Waals surface area contributed by atoms with Gasteiger partial charge in [0.05, 0.1) is 11.6 Å². The van der Waals surface area contributed by atoms with Gasteiger partial charge in [0.25, 0.3) is 0 Å². The molecule has 2 atom stereocenters. The van der Waals surface area contributed by atoms with Crippen molar-refractivity contribution in [2.45, 2.75) is 57.8 Å². The average Bonchev–Trinajstić information content (AvgIpc) is 3.30. The van der Waals surface area contributed by atoms with Crippen molar-refractivity contribution in [2.24, 2.45) is 15.6 Å². The Morgan fingerprint density at radius 1 is 1.14 bits per heavy atom. The molecule has 2 unspecified atom stereocenters. The number of alkyl halides is 3. The van der Waals surface area contributed by atoms with Crippen molar-refractivity contribution in [3.63, 3.8) is 0 Å². The number of pyridine rings is 1. The predicted octanol–water partition coefficient (Wildman–Crippen LogP) is 6.44. The molecule has 2 aliphatic heterocycles. The van der Waals surface area contributed by atoms with Crippen LogP contribution in [0.4, 0.5) is 24.7 Å². The first-order valence-corrected chi connectivity index (χ1v) is 12.0. The third-order valence-corrected chi connectivity index (χ3v) is 7.40. The van der Waals surface area contributed by atoms with E-state index in [0.29, 0.717) is 18.5 Å². The Balaban J connectivity index is 1.64. The van der Waals surface area contributed by atoms with Gasteiger partial charge in [-0.3, -0.25) is 4.79 Å². The summed E-state index contributed by atoms with van der Waals surface area (Å²) >= 11 is 0. The highest BCUT2D eigenvalue weighted by molar-refractivity contribution is 6.01. The molecule has 3 aliphatic rings. The number of azo groups is 1. The van der Waals surface area contributed by atoms with Crippen LogP contribution in [-0.2, 0) is 16.4 Å². The van der Waals surface area contributed by atoms with E-state index >= 15 is 0 Å². The van der Waals surface area contributed by atoms with Crippen molar-refractivity contribution in [3.05, 3.63) is 76.8 Å². The van der Waals surface area contributed by atoms with Crippen molar-refractivity contribution in [2.75, 3.05) is 11.9 Å². The number of hydrogen-bond donors (Lipinski definition) is 1. The summed E-state index contributed by atoms with van der Waals surface area (Å²) in [5, 5.41) is 12.0. The van der Waals surface area contributed by atoms with E-state index in [1.165, 1.54) is 6.07 Å². The molecule has 3 heterocycles. The lowest BCUT2D eigenvalue weighted by Crippen LogP contribution is -2.51. The van der Waals surface area contributed by atoms with Crippen molar-refractivity contribution in [1.29, 1.82) is 0 Å². The second-order valence-electron chi connectivity index (χ2n) is 10.4. The summed E-state index contributed by atoms with van der Waals surface area (Å²) in [7, 11) is 1.68. The van der Waals surface area contributed by atoms with Crippen LogP contribution >= 0.6 is 0 Å². The number of Topliss-reactive ketones (excluding diaryl/α,β-unsaturated/α-hetero) is 1. The number of ketones is 1. The van der Waals surface area contributed by atoms with Crippen LogP contribution in [-0.4, -0.2) is 24.0 Å². The molecule has 1 N–H and O–H groups in total. The van der Waals surface area contributed by atoms with Gasteiger partial charge in [-0.15, -0.1) is 0 Å². The smallest absolute Gasteiger partial charge is 0.362 e. The zero-order chi connectivity index (χ0) is 25.9. The third kappa shape index (κ3) is 3.81. The van der Waals surface area contributed by atoms with E-state index in [4.69, 9.17) is 0 Å². The van der Waals surface area contributed by atoms with Gasteiger partial charge in [0, 0.05) is 36.0 Å². The maximum atomic E-state index is 13.6. The Hall–Kier alpha value is -3.49. The molecule has 1 aliphatic carbocycles. The number of carbonyl (C=O) groups excluding carboxylic acids is 1. The molecular weight excluding hydrogens is 467 g/mol. The molecule has 0 fully saturated rings. The molecule has 0 saturated heterocycles. The molecule has 0 spiro atoms. The topological polar surface area (TPSA) is 70.0 Å². The fraction of sp³-hybridized carbons (Fsp3) is 0.407. The van der Waals surface area contributed by atoms with E-state index in [0.717, 1.165) is 34.9 Å². The maximum absolute atomic E-state index is 13.6. The summed E-state index contributed by atoms with van der Waals surface area (Å²) in [4.78, 5) is 19.1. The van der Waals surface area contributed by atoms with Crippen LogP contribution in [0.2, 0.25) is 0 Å². The highest BCUT2D eigenvalue weighted by Gasteiger charge is 2.53. The van der Waals surface area contributed by atoms with E-state index in [-0.39, 0.29) is 23.2 Å². The van der Waals surface area contributed by atoms with Crippen molar-refractivity contribution in [1.82, 2.24) is 10.3 Å². The van der Waals surface area contributed by atoms with E-state index in [1.54, 1.807) is 24.2 Å². The molecule has 1 aromatic heterocycles. The fourth-order valence-corrected chi connectivity index (χ4v) is 5.77. The second-order valence-corrected chi connectivity index (χ2v) is 10.4. The van der Waals surface area contributed by atoms with E-state index in [9.17, 15) is 18.0 Å². The van der Waals surface area contributed by atoms with Gasteiger partial charge in [-0.2, -0.15) is 23.4 Å². The highest BCUT2D eigenvalue weighted by atomic mass is 19.4. The minimum atomic E-state index is -4.53. The van der Waals surface area contributed by atoms with Gasteiger partial charge < -0.3 is 10.2 Å². The number of nitrogens with zero attached hydrogens (tertiary/aromatic N) is 4. The van der Waals surface area contributed by atoms with Gasteiger partial charge in [-0.05, 0) is 48.1 Å². The Bertz CT molecular complexity index is 1330. The fourth-order valence-electron chi connectivity index (χ4n) is 5.77. The first-order chi connectivity index (χ1) is 17.0. The Morgan fingerprint density at radius 3 is 2.61 bits per heavy atom. The third-order valence-electron chi connectivity index (χ3n) is 7.40. The molecule has 2 aromatic rings. The zero-order valence-electron chi connectivity index (χ0n) is 20.6. The predicted molar refractivity (Wildman–Crippen MR) is 131 cm³/mol. The number of benzene rings is 1. The second kappa shape index (κ2) is 8.28. The quantitative estimate of drug-likeness (QED) is 0.530. The molecule has 188 valence electrons. The number of allylic oxidation sites excluding steroid dienone is 2. The summed E-state index contributed by atoms with van der Waals surface area (Å²) in [6.45, 7) is 6.22. The van der Waals surface area contributed by atoms with E-state index in [1.807, 2.05) is 31.2 Å². The number of hydrogen-bond acceptors (Lipinski definition) is 6. The number of nitrogens with one attached hydrogen (secondary N) is 1. The first-order valence-electron chi connectivity index (χ1n) is 12.0. The van der Waals surface area contributed by atoms with Crippen LogP contribution < -0.4 is 10.2 Å². The number of rotatable bonds is 4. The summed E-state index contributed by atoms with van der Waals surface area (Å²) in [6.07, 6.45) is -1.37. The maximum Gasteiger partial charge on any atom is 0.433 e. The standard InChI is InChI=1S/C27H28F3N5O/c1-5-26(18-15-31-34-24(18)32-19-13-25(2,3)14-20(36)23(19)26)16-8-6-9-17(12-16)35(4)22-11-7-10-21(33-22)27(28,29)30/h6-12,15,24,32H,5,13-14H2,1-4H3. The van der Waals surface area contributed by atoms with Gasteiger partial charge in [-0.25, -0.2) is 4.98 Å². The SMILES string of the molecule is CCC1(c2cccc(N(C)c3cccc(C(F)(F)F)n3)c2)C2=CN=NC2NC2=C1C(=O)CC(C)(C)C2. The number of fused-ring (bicyclic) bond motifs is 1. The van der Waals surface area contributed by atoms with Crippen LogP contribution in [0.25, 0.3) is 0 Å². The average molecular weight is 496 g/mol. The summed E-state index contributed by atoms with van der Waals surface area (Å²) in [6, 6.07) is 11.4. The van der Waals surface area contributed by atoms with Crippen LogP contribution in [0.3, 0.4) is 0 Å². The molecule has 5 rings (SSSR count). The normalized spacial score (nSPS) is 24.7. The minimum absolute atomic E-state index is 0.0974. The molecule has 0 bridgehead atoms. The van der Waals surface area contributed by atoms with Crippen molar-refractivity contribution < 1.29 is 18.0 Å². The lowest BCUT2D eigenvalue weighted by molar-refractivity contribution is -0.141. The van der Waals surface area contributed by atoms with Crippen LogP contribution in [0.1, 0.15) is 51.3 Å². The molecular formula is C27H28F3N5O. The Kier molecular flexibility index (Phi) is 5.57. The van der Waals surface area contributed by atoms with Crippen LogP contribution in [0.5, 0.6) is 0 Å². The number of carbonyl (C=O) groups is 1. The summed E-state index contributed by atoms with van der Waals surface area (Å²) < 4.78 is 39.8. The largest absolute Gasteiger partial charge is 0.433 e. The molecule has 36 heavy (non-hydrogen) atoms. The lowest BCUT2D eigenvalue weighted by Gasteiger charge is -2.48. The first kappa shape index (κ1) is 24.2. The monoisotopic (exact) mass is 495 g/mol. The van der Waals surface area contributed by atoms with Gasteiger partial charge in [0.1, 0.15) is 11.5 Å². The van der Waals surface area contributed by atoms with Gasteiger partial charge >= 0.3 is 6.18 Å². The van der Waals surface area contributed by atoms with Crippen LogP contribution in [0.15, 0.2) is 75.7 Å². The summed E-state index contributed by atoms with van der Waals surface area (Å²) in [5.41, 5.74) is 2.26. The molecule has 6 nitrogen and oxygen atoms in total. The molecule has 0 radical (unpaired) electrons. The zero-order valence-corrected chi connectivity index (χ0v) is 20.6. The summed E-state index contributed by atoms with van der Waals surface area (Å²) in [5.74, 6) is 0.274. The molecule has 1 aromatic carbocycles. The minimum Gasteiger partial charge on any atom is -0.362 e. The molecule has 0 saturated carbocycles. The van der Waals surface area contributed by atoms with E-state index in [2.05, 4.69) is 34.4 Å². The lowest BCUT2D eigenvalue weighted by atomic mass is 9.59. The Labute approximate surface area is 208 Å². The number of anilines is 2. The van der Waals surface area contributed by atoms with Gasteiger partial charge in [0.2, 0.25) is 0 Å². The van der Waals surface area contributed by atoms with Crippen molar-refractivity contribution >= 4 is 17.3 Å². The van der Waals surface area contributed by atoms with Gasteiger partial charge in [0.15, 0.2) is 11.9 Å². The van der Waals surface area contributed by atoms with Crippen molar-refractivity contribution in [3.8, 4) is 0 Å². The van der Waals surface area contributed by atoms with Gasteiger partial charge in [-0.1, -0.05) is 39.0 Å². The number of aromatic nitrogens is 1. The Morgan fingerprint density at radius 2 is 1.89 bits per heavy atom.